The Morgan fingerprint density at radius 2 is 1.79 bits per heavy atom. The van der Waals surface area contributed by atoms with Gasteiger partial charge in [0, 0.05) is 24.5 Å². The van der Waals surface area contributed by atoms with Crippen molar-refractivity contribution in [3.63, 3.8) is 0 Å². The second-order valence-corrected chi connectivity index (χ2v) is 5.83. The third-order valence-electron chi connectivity index (χ3n) is 3.08. The summed E-state index contributed by atoms with van der Waals surface area (Å²) in [6.45, 7) is 5.94. The van der Waals surface area contributed by atoms with Gasteiger partial charge in [-0.3, -0.25) is 4.57 Å². The highest BCUT2D eigenvalue weighted by Crippen LogP contribution is 2.14. The van der Waals surface area contributed by atoms with Gasteiger partial charge in [0.15, 0.2) is 0 Å². The summed E-state index contributed by atoms with van der Waals surface area (Å²) in [6.07, 6.45) is 2.65. The molecule has 102 valence electrons. The van der Waals surface area contributed by atoms with Gasteiger partial charge in [-0.15, -0.1) is 0 Å². The van der Waals surface area contributed by atoms with E-state index in [0.29, 0.717) is 0 Å². The number of hydrogen-bond donors (Lipinski definition) is 1. The second kappa shape index (κ2) is 4.70. The molecule has 0 spiro atoms. The average Bonchev–Trinajstić information content (AvgIpc) is 2.53. The minimum absolute atomic E-state index is 0.0237. The Balaban J connectivity index is 2.35. The molecule has 0 aliphatic carbocycles. The Labute approximate surface area is 113 Å². The van der Waals surface area contributed by atoms with Gasteiger partial charge in [0.2, 0.25) is 0 Å². The molecule has 0 fully saturated rings. The van der Waals surface area contributed by atoms with Gasteiger partial charge in [-0.05, 0) is 44.9 Å². The Morgan fingerprint density at radius 3 is 2.21 bits per heavy atom. The molecule has 0 aliphatic rings. The Bertz CT molecular complexity index is 627. The maximum absolute atomic E-state index is 12.0. The Morgan fingerprint density at radius 1 is 1.21 bits per heavy atom. The van der Waals surface area contributed by atoms with Crippen LogP contribution in [-0.4, -0.2) is 14.7 Å². The van der Waals surface area contributed by atoms with Crippen molar-refractivity contribution in [1.29, 1.82) is 0 Å². The van der Waals surface area contributed by atoms with E-state index < -0.39 is 0 Å². The van der Waals surface area contributed by atoms with Crippen LogP contribution < -0.4 is 11.4 Å². The van der Waals surface area contributed by atoms with Gasteiger partial charge >= 0.3 is 5.69 Å². The highest BCUT2D eigenvalue weighted by atomic mass is 16.1. The summed E-state index contributed by atoms with van der Waals surface area (Å²) < 4.78 is 3.30. The number of rotatable bonds is 3. The third kappa shape index (κ3) is 2.96. The summed E-state index contributed by atoms with van der Waals surface area (Å²) in [6, 6.07) is 8.00. The smallest absolute Gasteiger partial charge is 0.325 e. The standard InChI is InChI=1S/C15H21N3O/c1-11-10-17(4)14(19)18(11)13-7-5-12(6-8-13)9-15(2,3)16/h5-8,10H,9,16H2,1-4H3. The van der Waals surface area contributed by atoms with E-state index >= 15 is 0 Å². The van der Waals surface area contributed by atoms with Crippen molar-refractivity contribution in [3.05, 3.63) is 52.2 Å². The van der Waals surface area contributed by atoms with Crippen LogP contribution in [0, 0.1) is 6.92 Å². The van der Waals surface area contributed by atoms with Crippen molar-refractivity contribution in [3.8, 4) is 5.69 Å². The van der Waals surface area contributed by atoms with E-state index in [1.165, 1.54) is 5.56 Å². The van der Waals surface area contributed by atoms with Crippen LogP contribution in [-0.2, 0) is 13.5 Å². The lowest BCUT2D eigenvalue weighted by Gasteiger charge is -2.18. The first kappa shape index (κ1) is 13.6. The number of aryl methyl sites for hydroxylation is 2. The van der Waals surface area contributed by atoms with E-state index in [-0.39, 0.29) is 11.2 Å². The molecule has 4 nitrogen and oxygen atoms in total. The van der Waals surface area contributed by atoms with Crippen molar-refractivity contribution < 1.29 is 0 Å². The van der Waals surface area contributed by atoms with Crippen LogP contribution in [0.3, 0.4) is 0 Å². The number of nitrogens with zero attached hydrogens (tertiary/aromatic N) is 2. The third-order valence-corrected chi connectivity index (χ3v) is 3.08. The summed E-state index contributed by atoms with van der Waals surface area (Å²) in [4.78, 5) is 12.0. The first-order chi connectivity index (χ1) is 8.78. The molecule has 4 heteroatoms. The monoisotopic (exact) mass is 259 g/mol. The molecule has 2 N–H and O–H groups in total. The number of benzene rings is 1. The zero-order valence-electron chi connectivity index (χ0n) is 12.0. The summed E-state index contributed by atoms with van der Waals surface area (Å²) in [7, 11) is 1.76. The molecule has 1 heterocycles. The van der Waals surface area contributed by atoms with Crippen molar-refractivity contribution in [2.24, 2.45) is 12.8 Å². The summed E-state index contributed by atoms with van der Waals surface area (Å²) in [5.74, 6) is 0. The zero-order chi connectivity index (χ0) is 14.2. The molecule has 0 radical (unpaired) electrons. The lowest BCUT2D eigenvalue weighted by atomic mass is 9.96. The first-order valence-corrected chi connectivity index (χ1v) is 6.41. The van der Waals surface area contributed by atoms with E-state index in [0.717, 1.165) is 17.8 Å². The van der Waals surface area contributed by atoms with E-state index in [9.17, 15) is 4.79 Å². The van der Waals surface area contributed by atoms with Crippen LogP contribution in [0.2, 0.25) is 0 Å². The van der Waals surface area contributed by atoms with Crippen molar-refractivity contribution in [2.75, 3.05) is 0 Å². The highest BCUT2D eigenvalue weighted by Gasteiger charge is 2.12. The molecule has 0 saturated heterocycles. The lowest BCUT2D eigenvalue weighted by molar-refractivity contribution is 0.517. The lowest BCUT2D eigenvalue weighted by Crippen LogP contribution is -2.34. The van der Waals surface area contributed by atoms with Crippen LogP contribution in [0.25, 0.3) is 5.69 Å². The number of hydrogen-bond acceptors (Lipinski definition) is 2. The first-order valence-electron chi connectivity index (χ1n) is 6.41. The van der Waals surface area contributed by atoms with E-state index in [1.54, 1.807) is 16.2 Å². The number of nitrogens with two attached hydrogens (primary N) is 1. The molecule has 1 aromatic heterocycles. The van der Waals surface area contributed by atoms with Crippen LogP contribution in [0.15, 0.2) is 35.3 Å². The normalized spacial score (nSPS) is 11.8. The molecule has 0 aliphatic heterocycles. The maximum Gasteiger partial charge on any atom is 0.332 e. The van der Waals surface area contributed by atoms with Crippen molar-refractivity contribution in [1.82, 2.24) is 9.13 Å². The fourth-order valence-corrected chi connectivity index (χ4v) is 2.30. The largest absolute Gasteiger partial charge is 0.332 e. The van der Waals surface area contributed by atoms with Gasteiger partial charge in [-0.2, -0.15) is 0 Å². The molecular formula is C15H21N3O. The second-order valence-electron chi connectivity index (χ2n) is 5.83. The van der Waals surface area contributed by atoms with E-state index in [4.69, 9.17) is 5.73 Å². The SMILES string of the molecule is Cc1cn(C)c(=O)n1-c1ccc(CC(C)(C)N)cc1. The quantitative estimate of drug-likeness (QED) is 0.913. The van der Waals surface area contributed by atoms with Crippen molar-refractivity contribution in [2.45, 2.75) is 32.7 Å². The van der Waals surface area contributed by atoms with Gasteiger partial charge in [0.25, 0.3) is 0 Å². The van der Waals surface area contributed by atoms with Gasteiger partial charge in [-0.25, -0.2) is 4.79 Å². The van der Waals surface area contributed by atoms with Gasteiger partial charge in [0.05, 0.1) is 5.69 Å². The Kier molecular flexibility index (Phi) is 3.37. The maximum atomic E-state index is 12.0. The molecule has 0 bridgehead atoms. The summed E-state index contributed by atoms with van der Waals surface area (Å²) in [5, 5.41) is 0. The van der Waals surface area contributed by atoms with Crippen molar-refractivity contribution >= 4 is 0 Å². The number of aromatic nitrogens is 2. The van der Waals surface area contributed by atoms with Gasteiger partial charge in [-0.1, -0.05) is 12.1 Å². The van der Waals surface area contributed by atoms with Gasteiger partial charge < -0.3 is 10.3 Å². The van der Waals surface area contributed by atoms with Crippen LogP contribution >= 0.6 is 0 Å². The van der Waals surface area contributed by atoms with Crippen LogP contribution in [0.1, 0.15) is 25.1 Å². The molecular weight excluding hydrogens is 238 g/mol. The predicted molar refractivity (Wildman–Crippen MR) is 77.7 cm³/mol. The average molecular weight is 259 g/mol. The van der Waals surface area contributed by atoms with Crippen LogP contribution in [0.4, 0.5) is 0 Å². The molecule has 0 amide bonds. The molecule has 2 rings (SSSR count). The predicted octanol–water partition coefficient (Wildman–Crippen LogP) is 1.76. The fraction of sp³-hybridized carbons (Fsp3) is 0.400. The molecule has 2 aromatic rings. The van der Waals surface area contributed by atoms with E-state index in [1.807, 2.05) is 51.2 Å². The van der Waals surface area contributed by atoms with Crippen LogP contribution in [0.5, 0.6) is 0 Å². The highest BCUT2D eigenvalue weighted by molar-refractivity contribution is 5.36. The van der Waals surface area contributed by atoms with E-state index in [2.05, 4.69) is 0 Å². The molecule has 0 unspecified atom stereocenters. The molecule has 0 saturated carbocycles. The zero-order valence-corrected chi connectivity index (χ0v) is 12.0. The minimum atomic E-state index is -0.221. The minimum Gasteiger partial charge on any atom is -0.325 e. The fourth-order valence-electron chi connectivity index (χ4n) is 2.30. The molecule has 1 aromatic carbocycles. The summed E-state index contributed by atoms with van der Waals surface area (Å²) in [5.41, 5.74) is 8.76. The molecule has 0 atom stereocenters. The number of imidazole rings is 1. The van der Waals surface area contributed by atoms with Gasteiger partial charge in [0.1, 0.15) is 0 Å². The molecule has 19 heavy (non-hydrogen) atoms. The topological polar surface area (TPSA) is 53.0 Å². The Hall–Kier alpha value is -1.81. The summed E-state index contributed by atoms with van der Waals surface area (Å²) >= 11 is 0.